The van der Waals surface area contributed by atoms with Crippen LogP contribution in [0.25, 0.3) is 10.8 Å². The molecule has 0 heterocycles. The Bertz CT molecular complexity index is 936. The standard InChI is InChI=1S/C20H15NO2/c1-12-8-10-14(11-9-12)21-20(23)18-15-6-2-4-13-5-3-7-16(17(13)15)19(18)22/h2-11,18H,1H3,(H,21,23). The molecular formula is C20H15NO2. The predicted octanol–water partition coefficient (Wildman–Crippen LogP) is 4.07. The fraction of sp³-hybridized carbons (Fsp3) is 0.100. The second kappa shape index (κ2) is 5.06. The van der Waals surface area contributed by atoms with Crippen molar-refractivity contribution >= 4 is 28.2 Å². The summed E-state index contributed by atoms with van der Waals surface area (Å²) in [6, 6.07) is 18.9. The molecule has 0 spiro atoms. The van der Waals surface area contributed by atoms with Crippen molar-refractivity contribution in [3.63, 3.8) is 0 Å². The van der Waals surface area contributed by atoms with E-state index in [9.17, 15) is 9.59 Å². The molecule has 1 aliphatic carbocycles. The van der Waals surface area contributed by atoms with Gasteiger partial charge in [-0.25, -0.2) is 0 Å². The lowest BCUT2D eigenvalue weighted by Gasteiger charge is -2.11. The maximum absolute atomic E-state index is 12.7. The van der Waals surface area contributed by atoms with E-state index in [0.29, 0.717) is 11.3 Å². The highest BCUT2D eigenvalue weighted by atomic mass is 16.2. The summed E-state index contributed by atoms with van der Waals surface area (Å²) in [7, 11) is 0. The molecule has 3 nitrogen and oxygen atoms in total. The molecule has 1 amide bonds. The van der Waals surface area contributed by atoms with Crippen molar-refractivity contribution in [2.75, 3.05) is 5.32 Å². The molecular weight excluding hydrogens is 286 g/mol. The lowest BCUT2D eigenvalue weighted by Crippen LogP contribution is -2.24. The largest absolute Gasteiger partial charge is 0.325 e. The number of hydrogen-bond donors (Lipinski definition) is 1. The highest BCUT2D eigenvalue weighted by molar-refractivity contribution is 6.27. The molecule has 0 bridgehead atoms. The molecule has 1 aliphatic rings. The average Bonchev–Trinajstić information content (AvgIpc) is 2.85. The van der Waals surface area contributed by atoms with Crippen LogP contribution in [0.2, 0.25) is 0 Å². The number of aryl methyl sites for hydroxylation is 1. The molecule has 3 heteroatoms. The van der Waals surface area contributed by atoms with Crippen molar-refractivity contribution in [1.82, 2.24) is 0 Å². The van der Waals surface area contributed by atoms with Crippen LogP contribution in [0.3, 0.4) is 0 Å². The van der Waals surface area contributed by atoms with E-state index in [1.54, 1.807) is 6.07 Å². The molecule has 0 saturated carbocycles. The van der Waals surface area contributed by atoms with Gasteiger partial charge in [0, 0.05) is 11.3 Å². The van der Waals surface area contributed by atoms with Gasteiger partial charge in [-0.2, -0.15) is 0 Å². The van der Waals surface area contributed by atoms with Crippen LogP contribution in [-0.2, 0) is 4.79 Å². The number of Topliss-reactive ketones (excluding diaryl/α,β-unsaturated/α-hetero) is 1. The SMILES string of the molecule is Cc1ccc(NC(=O)C2C(=O)c3cccc4cccc2c34)cc1. The van der Waals surface area contributed by atoms with Crippen LogP contribution in [0.15, 0.2) is 60.7 Å². The van der Waals surface area contributed by atoms with E-state index in [-0.39, 0.29) is 11.7 Å². The van der Waals surface area contributed by atoms with Gasteiger partial charge in [-0.3, -0.25) is 9.59 Å². The highest BCUT2D eigenvalue weighted by Crippen LogP contribution is 2.38. The van der Waals surface area contributed by atoms with Crippen LogP contribution in [0.5, 0.6) is 0 Å². The summed E-state index contributed by atoms with van der Waals surface area (Å²) < 4.78 is 0. The summed E-state index contributed by atoms with van der Waals surface area (Å²) in [5.41, 5.74) is 3.27. The molecule has 3 aromatic carbocycles. The number of ketones is 1. The summed E-state index contributed by atoms with van der Waals surface area (Å²) >= 11 is 0. The number of benzene rings is 3. The van der Waals surface area contributed by atoms with Gasteiger partial charge < -0.3 is 5.32 Å². The Kier molecular flexibility index (Phi) is 3.01. The van der Waals surface area contributed by atoms with Crippen LogP contribution >= 0.6 is 0 Å². The number of carbonyl (C=O) groups excluding carboxylic acids is 2. The Labute approximate surface area is 133 Å². The average molecular weight is 301 g/mol. The Balaban J connectivity index is 1.73. The van der Waals surface area contributed by atoms with Crippen molar-refractivity contribution in [3.8, 4) is 0 Å². The molecule has 0 aromatic heterocycles. The van der Waals surface area contributed by atoms with Crippen LogP contribution in [0.1, 0.15) is 27.4 Å². The van der Waals surface area contributed by atoms with Gasteiger partial charge in [-0.1, -0.05) is 54.1 Å². The quantitative estimate of drug-likeness (QED) is 0.725. The molecule has 112 valence electrons. The summed E-state index contributed by atoms with van der Waals surface area (Å²) in [4.78, 5) is 25.4. The number of carbonyl (C=O) groups is 2. The van der Waals surface area contributed by atoms with Gasteiger partial charge in [-0.05, 0) is 35.4 Å². The van der Waals surface area contributed by atoms with Gasteiger partial charge in [0.05, 0.1) is 0 Å². The van der Waals surface area contributed by atoms with Gasteiger partial charge in [0.2, 0.25) is 5.91 Å². The first-order valence-corrected chi connectivity index (χ1v) is 7.58. The van der Waals surface area contributed by atoms with Crippen molar-refractivity contribution in [2.24, 2.45) is 0 Å². The Hall–Kier alpha value is -2.94. The van der Waals surface area contributed by atoms with E-state index in [1.165, 1.54) is 0 Å². The van der Waals surface area contributed by atoms with E-state index >= 15 is 0 Å². The summed E-state index contributed by atoms with van der Waals surface area (Å²) in [5.74, 6) is -1.17. The van der Waals surface area contributed by atoms with E-state index in [0.717, 1.165) is 21.9 Å². The molecule has 0 fully saturated rings. The first-order chi connectivity index (χ1) is 11.1. The van der Waals surface area contributed by atoms with Crippen molar-refractivity contribution < 1.29 is 9.59 Å². The third kappa shape index (κ3) is 2.13. The Morgan fingerprint density at radius 3 is 2.39 bits per heavy atom. The normalized spacial score (nSPS) is 15.9. The Morgan fingerprint density at radius 2 is 1.65 bits per heavy atom. The van der Waals surface area contributed by atoms with Gasteiger partial charge in [0.1, 0.15) is 5.92 Å². The number of anilines is 1. The second-order valence-corrected chi connectivity index (χ2v) is 5.90. The van der Waals surface area contributed by atoms with Crippen LogP contribution < -0.4 is 5.32 Å². The molecule has 3 aromatic rings. The summed E-state index contributed by atoms with van der Waals surface area (Å²) in [6.45, 7) is 1.99. The third-order valence-corrected chi connectivity index (χ3v) is 4.36. The zero-order valence-corrected chi connectivity index (χ0v) is 12.7. The summed E-state index contributed by atoms with van der Waals surface area (Å²) in [6.07, 6.45) is 0. The zero-order valence-electron chi connectivity index (χ0n) is 12.7. The van der Waals surface area contributed by atoms with Gasteiger partial charge >= 0.3 is 0 Å². The molecule has 23 heavy (non-hydrogen) atoms. The third-order valence-electron chi connectivity index (χ3n) is 4.36. The van der Waals surface area contributed by atoms with Crippen LogP contribution in [0.4, 0.5) is 5.69 Å². The maximum Gasteiger partial charge on any atom is 0.239 e. The van der Waals surface area contributed by atoms with Crippen molar-refractivity contribution in [2.45, 2.75) is 12.8 Å². The Morgan fingerprint density at radius 1 is 0.957 bits per heavy atom. The number of nitrogens with one attached hydrogen (secondary N) is 1. The van der Waals surface area contributed by atoms with Crippen LogP contribution in [0, 0.1) is 6.92 Å². The lowest BCUT2D eigenvalue weighted by molar-refractivity contribution is -0.116. The smallest absolute Gasteiger partial charge is 0.239 e. The molecule has 1 unspecified atom stereocenters. The molecule has 1 N–H and O–H groups in total. The van der Waals surface area contributed by atoms with Crippen molar-refractivity contribution in [3.05, 3.63) is 77.4 Å². The van der Waals surface area contributed by atoms with E-state index < -0.39 is 5.92 Å². The zero-order chi connectivity index (χ0) is 16.0. The first-order valence-electron chi connectivity index (χ1n) is 7.58. The molecule has 0 aliphatic heterocycles. The minimum atomic E-state index is -0.766. The van der Waals surface area contributed by atoms with Crippen LogP contribution in [-0.4, -0.2) is 11.7 Å². The number of amides is 1. The van der Waals surface area contributed by atoms with E-state index in [2.05, 4.69) is 5.32 Å². The fourth-order valence-electron chi connectivity index (χ4n) is 3.22. The minimum absolute atomic E-state index is 0.124. The van der Waals surface area contributed by atoms with Gasteiger partial charge in [-0.15, -0.1) is 0 Å². The fourth-order valence-corrected chi connectivity index (χ4v) is 3.22. The highest BCUT2D eigenvalue weighted by Gasteiger charge is 2.37. The van der Waals surface area contributed by atoms with E-state index in [4.69, 9.17) is 0 Å². The topological polar surface area (TPSA) is 46.2 Å². The second-order valence-electron chi connectivity index (χ2n) is 5.90. The molecule has 4 rings (SSSR count). The number of hydrogen-bond acceptors (Lipinski definition) is 2. The monoisotopic (exact) mass is 301 g/mol. The lowest BCUT2D eigenvalue weighted by atomic mass is 9.98. The van der Waals surface area contributed by atoms with Gasteiger partial charge in [0.25, 0.3) is 0 Å². The first kappa shape index (κ1) is 13.7. The van der Waals surface area contributed by atoms with E-state index in [1.807, 2.05) is 61.5 Å². The van der Waals surface area contributed by atoms with Crippen molar-refractivity contribution in [1.29, 1.82) is 0 Å². The van der Waals surface area contributed by atoms with Gasteiger partial charge in [0.15, 0.2) is 5.78 Å². The maximum atomic E-state index is 12.7. The molecule has 0 saturated heterocycles. The molecule has 1 atom stereocenters. The number of rotatable bonds is 2. The predicted molar refractivity (Wildman–Crippen MR) is 90.8 cm³/mol. The molecule has 0 radical (unpaired) electrons. The summed E-state index contributed by atoms with van der Waals surface area (Å²) in [5, 5.41) is 4.77. The minimum Gasteiger partial charge on any atom is -0.325 e.